The number of nitrogen functional groups attached to an aromatic ring is 1. The molecular weight excluding hydrogens is 378 g/mol. The van der Waals surface area contributed by atoms with Crippen LogP contribution >= 0.6 is 23.4 Å². The third-order valence-corrected chi connectivity index (χ3v) is 4.75. The number of hydrogen-bond acceptors (Lipinski definition) is 7. The van der Waals surface area contributed by atoms with Gasteiger partial charge in [0, 0.05) is 37.9 Å². The Morgan fingerprint density at radius 1 is 1.19 bits per heavy atom. The zero-order valence-corrected chi connectivity index (χ0v) is 16.3. The van der Waals surface area contributed by atoms with E-state index < -0.39 is 0 Å². The highest BCUT2D eigenvalue weighted by Gasteiger charge is 2.17. The Bertz CT molecular complexity index is 702. The summed E-state index contributed by atoms with van der Waals surface area (Å²) in [5, 5.41) is 9.25. The van der Waals surface area contributed by atoms with E-state index in [0.717, 1.165) is 5.56 Å². The fraction of sp³-hybridized carbons (Fsp3) is 0.438. The summed E-state index contributed by atoms with van der Waals surface area (Å²) < 4.78 is 11.5. The van der Waals surface area contributed by atoms with Crippen molar-refractivity contribution in [2.45, 2.75) is 5.16 Å². The average Bonchev–Trinajstić information content (AvgIpc) is 3.01. The van der Waals surface area contributed by atoms with Crippen LogP contribution in [-0.2, 0) is 14.3 Å². The SMILES string of the molecule is COCCN(CCOC)C(=O)CSc1nnc(-c2ccc(Cl)cc2)n1N. The maximum absolute atomic E-state index is 12.4. The molecule has 142 valence electrons. The molecule has 0 aliphatic carbocycles. The minimum absolute atomic E-state index is 0.0415. The summed E-state index contributed by atoms with van der Waals surface area (Å²) in [4.78, 5) is 14.1. The summed E-state index contributed by atoms with van der Waals surface area (Å²) in [5.74, 6) is 6.73. The molecule has 26 heavy (non-hydrogen) atoms. The summed E-state index contributed by atoms with van der Waals surface area (Å²) >= 11 is 7.13. The number of carbonyl (C=O) groups is 1. The molecule has 0 bridgehead atoms. The lowest BCUT2D eigenvalue weighted by Gasteiger charge is -2.21. The van der Waals surface area contributed by atoms with Gasteiger partial charge in [-0.05, 0) is 24.3 Å². The van der Waals surface area contributed by atoms with Gasteiger partial charge < -0.3 is 20.2 Å². The summed E-state index contributed by atoms with van der Waals surface area (Å²) in [6, 6.07) is 7.13. The maximum Gasteiger partial charge on any atom is 0.233 e. The second-order valence-corrected chi connectivity index (χ2v) is 6.72. The minimum atomic E-state index is -0.0415. The Balaban J connectivity index is 1.99. The molecule has 10 heteroatoms. The second-order valence-electron chi connectivity index (χ2n) is 5.34. The van der Waals surface area contributed by atoms with Crippen LogP contribution < -0.4 is 5.84 Å². The standard InChI is InChI=1S/C16H22ClN5O3S/c1-24-9-7-21(8-10-25-2)14(23)11-26-16-20-19-15(22(16)18)12-3-5-13(17)6-4-12/h3-6H,7-11,18H2,1-2H3. The van der Waals surface area contributed by atoms with Crippen molar-refractivity contribution in [2.24, 2.45) is 0 Å². The zero-order valence-electron chi connectivity index (χ0n) is 14.7. The first kappa shape index (κ1) is 20.5. The van der Waals surface area contributed by atoms with Gasteiger partial charge in [0.2, 0.25) is 11.1 Å². The molecule has 2 rings (SSSR count). The van der Waals surface area contributed by atoms with E-state index in [0.29, 0.717) is 42.3 Å². The topological polar surface area (TPSA) is 95.5 Å². The number of methoxy groups -OCH3 is 2. The van der Waals surface area contributed by atoms with Crippen LogP contribution in [0, 0.1) is 0 Å². The Kier molecular flexibility index (Phi) is 8.17. The van der Waals surface area contributed by atoms with Gasteiger partial charge in [0.25, 0.3) is 0 Å². The number of hydrogen-bond donors (Lipinski definition) is 1. The molecule has 1 amide bonds. The summed E-state index contributed by atoms with van der Waals surface area (Å²) in [7, 11) is 3.20. The molecule has 0 saturated heterocycles. The van der Waals surface area contributed by atoms with Crippen LogP contribution in [-0.4, -0.2) is 72.0 Å². The molecule has 1 aromatic carbocycles. The van der Waals surface area contributed by atoms with Crippen LogP contribution in [0.2, 0.25) is 5.02 Å². The fourth-order valence-electron chi connectivity index (χ4n) is 2.15. The Hall–Kier alpha value is -1.81. The molecule has 1 heterocycles. The van der Waals surface area contributed by atoms with E-state index in [1.54, 1.807) is 31.3 Å². The first-order valence-electron chi connectivity index (χ1n) is 7.91. The number of thioether (sulfide) groups is 1. The van der Waals surface area contributed by atoms with Gasteiger partial charge in [0.1, 0.15) is 0 Å². The molecule has 2 aromatic rings. The zero-order chi connectivity index (χ0) is 18.9. The minimum Gasteiger partial charge on any atom is -0.383 e. The molecule has 0 aliphatic heterocycles. The molecule has 1 aromatic heterocycles. The Morgan fingerprint density at radius 3 is 2.38 bits per heavy atom. The van der Waals surface area contributed by atoms with E-state index in [4.69, 9.17) is 26.9 Å². The van der Waals surface area contributed by atoms with Gasteiger partial charge in [-0.1, -0.05) is 23.4 Å². The molecule has 0 saturated carbocycles. The third-order valence-electron chi connectivity index (χ3n) is 3.58. The molecular formula is C16H22ClN5O3S. The summed E-state index contributed by atoms with van der Waals surface area (Å²) in [6.07, 6.45) is 0. The highest BCUT2D eigenvalue weighted by Crippen LogP contribution is 2.23. The third kappa shape index (κ3) is 5.60. The number of halogens is 1. The van der Waals surface area contributed by atoms with Crippen molar-refractivity contribution >= 4 is 29.3 Å². The van der Waals surface area contributed by atoms with Gasteiger partial charge in [-0.3, -0.25) is 4.79 Å². The van der Waals surface area contributed by atoms with Crippen molar-refractivity contribution in [3.63, 3.8) is 0 Å². The van der Waals surface area contributed by atoms with Crippen LogP contribution in [0.5, 0.6) is 0 Å². The molecule has 0 aliphatic rings. The van der Waals surface area contributed by atoms with E-state index in [1.807, 2.05) is 12.1 Å². The summed E-state index contributed by atoms with van der Waals surface area (Å²) in [6.45, 7) is 1.94. The second kappa shape index (κ2) is 10.4. The van der Waals surface area contributed by atoms with E-state index in [9.17, 15) is 4.79 Å². The van der Waals surface area contributed by atoms with Crippen LogP contribution in [0.15, 0.2) is 29.4 Å². The number of carbonyl (C=O) groups excluding carboxylic acids is 1. The van der Waals surface area contributed by atoms with Gasteiger partial charge in [-0.15, -0.1) is 10.2 Å². The number of nitrogens with two attached hydrogens (primary N) is 1. The molecule has 2 N–H and O–H groups in total. The maximum atomic E-state index is 12.4. The fourth-order valence-corrected chi connectivity index (χ4v) is 3.04. The van der Waals surface area contributed by atoms with E-state index in [-0.39, 0.29) is 11.7 Å². The van der Waals surface area contributed by atoms with Gasteiger partial charge in [0.15, 0.2) is 5.82 Å². The van der Waals surface area contributed by atoms with E-state index in [1.165, 1.54) is 16.4 Å². The van der Waals surface area contributed by atoms with Gasteiger partial charge >= 0.3 is 0 Å². The van der Waals surface area contributed by atoms with E-state index in [2.05, 4.69) is 10.2 Å². The first-order valence-corrected chi connectivity index (χ1v) is 9.28. The predicted octanol–water partition coefficient (Wildman–Crippen LogP) is 1.53. The number of nitrogens with zero attached hydrogens (tertiary/aromatic N) is 4. The van der Waals surface area contributed by atoms with Crippen molar-refractivity contribution in [2.75, 3.05) is 52.1 Å². The molecule has 0 radical (unpaired) electrons. The number of ether oxygens (including phenoxy) is 2. The van der Waals surface area contributed by atoms with Crippen molar-refractivity contribution in [1.82, 2.24) is 19.8 Å². The molecule has 0 fully saturated rings. The quantitative estimate of drug-likeness (QED) is 0.478. The van der Waals surface area contributed by atoms with Crippen LogP contribution in [0.4, 0.5) is 0 Å². The van der Waals surface area contributed by atoms with Crippen LogP contribution in [0.1, 0.15) is 0 Å². The van der Waals surface area contributed by atoms with Crippen LogP contribution in [0.25, 0.3) is 11.4 Å². The number of benzene rings is 1. The van der Waals surface area contributed by atoms with Crippen LogP contribution in [0.3, 0.4) is 0 Å². The monoisotopic (exact) mass is 399 g/mol. The van der Waals surface area contributed by atoms with Gasteiger partial charge in [0.05, 0.1) is 19.0 Å². The number of amides is 1. The highest BCUT2D eigenvalue weighted by molar-refractivity contribution is 7.99. The lowest BCUT2D eigenvalue weighted by Crippen LogP contribution is -2.37. The summed E-state index contributed by atoms with van der Waals surface area (Å²) in [5.41, 5.74) is 0.796. The lowest BCUT2D eigenvalue weighted by molar-refractivity contribution is -0.129. The number of aromatic nitrogens is 3. The largest absolute Gasteiger partial charge is 0.383 e. The average molecular weight is 400 g/mol. The first-order chi connectivity index (χ1) is 12.6. The smallest absolute Gasteiger partial charge is 0.233 e. The Morgan fingerprint density at radius 2 is 1.81 bits per heavy atom. The lowest BCUT2D eigenvalue weighted by atomic mass is 10.2. The Labute approximate surface area is 161 Å². The molecule has 8 nitrogen and oxygen atoms in total. The molecule has 0 unspecified atom stereocenters. The number of rotatable bonds is 10. The van der Waals surface area contributed by atoms with Crippen molar-refractivity contribution in [3.8, 4) is 11.4 Å². The van der Waals surface area contributed by atoms with Gasteiger partial charge in [-0.2, -0.15) is 0 Å². The molecule has 0 spiro atoms. The predicted molar refractivity (Wildman–Crippen MR) is 102 cm³/mol. The van der Waals surface area contributed by atoms with Crippen molar-refractivity contribution < 1.29 is 14.3 Å². The van der Waals surface area contributed by atoms with Crippen molar-refractivity contribution in [3.05, 3.63) is 29.3 Å². The highest BCUT2D eigenvalue weighted by atomic mass is 35.5. The molecule has 0 atom stereocenters. The van der Waals surface area contributed by atoms with E-state index >= 15 is 0 Å². The van der Waals surface area contributed by atoms with Gasteiger partial charge in [-0.25, -0.2) is 4.68 Å². The normalized spacial score (nSPS) is 10.9. The van der Waals surface area contributed by atoms with Crippen molar-refractivity contribution in [1.29, 1.82) is 0 Å².